The average Bonchev–Trinajstić information content (AvgIpc) is 2.94. The summed E-state index contributed by atoms with van der Waals surface area (Å²) in [7, 11) is 4.71. The first-order valence-corrected chi connectivity index (χ1v) is 12.5. The first kappa shape index (κ1) is 29.5. The molecule has 1 aromatic heterocycles. The Morgan fingerprint density at radius 2 is 1.69 bits per heavy atom. The number of benzene rings is 2. The summed E-state index contributed by atoms with van der Waals surface area (Å²) in [4.78, 5) is 35.4. The Hall–Kier alpha value is -4.06. The van der Waals surface area contributed by atoms with Crippen LogP contribution in [-0.2, 0) is 4.79 Å². The van der Waals surface area contributed by atoms with Crippen LogP contribution in [0.25, 0.3) is 0 Å². The van der Waals surface area contributed by atoms with Gasteiger partial charge in [0.2, 0.25) is 5.91 Å². The van der Waals surface area contributed by atoms with Gasteiger partial charge in [-0.1, -0.05) is 41.9 Å². The van der Waals surface area contributed by atoms with Crippen molar-refractivity contribution in [3.05, 3.63) is 65.4 Å². The highest BCUT2D eigenvalue weighted by Gasteiger charge is 2.23. The molecule has 3 rings (SSSR count). The topological polar surface area (TPSA) is 130 Å². The highest BCUT2D eigenvalue weighted by Crippen LogP contribution is 2.44. The van der Waals surface area contributed by atoms with Gasteiger partial charge in [0.1, 0.15) is 39.5 Å². The van der Waals surface area contributed by atoms with Crippen LogP contribution < -0.4 is 35.6 Å². The maximum atomic E-state index is 13.5. The number of hydrogen-bond donors (Lipinski definition) is 4. The molecule has 39 heavy (non-hydrogen) atoms. The Kier molecular flexibility index (Phi) is 10.7. The normalized spacial score (nSPS) is 10.4. The molecule has 1 heterocycles. The Morgan fingerprint density at radius 1 is 1.03 bits per heavy atom. The van der Waals surface area contributed by atoms with Gasteiger partial charge >= 0.3 is 6.03 Å². The van der Waals surface area contributed by atoms with Crippen molar-refractivity contribution in [2.24, 2.45) is 0 Å². The number of carbonyl (C=O) groups excluding carboxylic acids is 2. The molecule has 0 radical (unpaired) electrons. The van der Waals surface area contributed by atoms with Crippen molar-refractivity contribution >= 4 is 63.8 Å². The zero-order valence-electron chi connectivity index (χ0n) is 21.7. The lowest BCUT2D eigenvalue weighted by Gasteiger charge is -2.24. The molecular formula is C26H29Cl2N7O4. The fourth-order valence-electron chi connectivity index (χ4n) is 3.49. The molecule has 0 aliphatic heterocycles. The number of hydrogen-bond acceptors (Lipinski definition) is 8. The number of para-hydroxylation sites is 2. The van der Waals surface area contributed by atoms with Crippen molar-refractivity contribution in [1.29, 1.82) is 0 Å². The van der Waals surface area contributed by atoms with Crippen LogP contribution in [0, 0.1) is 0 Å². The molecule has 3 amide bonds. The van der Waals surface area contributed by atoms with E-state index in [-0.39, 0.29) is 33.1 Å². The fourth-order valence-corrected chi connectivity index (χ4v) is 4.08. The quantitative estimate of drug-likeness (QED) is 0.169. The molecule has 0 atom stereocenters. The number of carbonyl (C=O) groups is 2. The first-order chi connectivity index (χ1) is 18.8. The van der Waals surface area contributed by atoms with Gasteiger partial charge in [0.05, 0.1) is 31.3 Å². The van der Waals surface area contributed by atoms with Crippen LogP contribution in [0.5, 0.6) is 11.5 Å². The second kappa shape index (κ2) is 14.2. The predicted molar refractivity (Wildman–Crippen MR) is 155 cm³/mol. The molecule has 0 unspecified atom stereocenters. The molecule has 13 heteroatoms. The van der Waals surface area contributed by atoms with Crippen molar-refractivity contribution in [3.63, 3.8) is 0 Å². The highest BCUT2D eigenvalue weighted by atomic mass is 35.5. The van der Waals surface area contributed by atoms with Crippen LogP contribution >= 0.6 is 23.2 Å². The van der Waals surface area contributed by atoms with Crippen LogP contribution in [-0.4, -0.2) is 56.3 Å². The molecule has 3 aromatic rings. The average molecular weight is 574 g/mol. The first-order valence-electron chi connectivity index (χ1n) is 11.8. The Morgan fingerprint density at radius 3 is 2.31 bits per heavy atom. The van der Waals surface area contributed by atoms with Crippen LogP contribution in [0.1, 0.15) is 6.42 Å². The van der Waals surface area contributed by atoms with E-state index in [1.807, 2.05) is 7.05 Å². The Labute approximate surface area is 236 Å². The minimum Gasteiger partial charge on any atom is -0.495 e. The lowest BCUT2D eigenvalue weighted by molar-refractivity contribution is -0.111. The van der Waals surface area contributed by atoms with Gasteiger partial charge in [-0.05, 0) is 38.2 Å². The smallest absolute Gasteiger partial charge is 0.327 e. The molecule has 4 N–H and O–H groups in total. The molecule has 2 aromatic carbocycles. The number of methoxy groups -OCH3 is 2. The maximum Gasteiger partial charge on any atom is 0.327 e. The highest BCUT2D eigenvalue weighted by molar-refractivity contribution is 6.41. The van der Waals surface area contributed by atoms with Gasteiger partial charge < -0.3 is 30.7 Å². The lowest BCUT2D eigenvalue weighted by Crippen LogP contribution is -2.37. The molecule has 0 aliphatic rings. The number of urea groups is 1. The number of amides is 3. The van der Waals surface area contributed by atoms with Crippen molar-refractivity contribution < 1.29 is 19.1 Å². The third kappa shape index (κ3) is 7.50. The van der Waals surface area contributed by atoms with E-state index < -0.39 is 6.03 Å². The Bertz CT molecular complexity index is 1310. The Balaban J connectivity index is 1.93. The molecule has 0 aliphatic carbocycles. The third-order valence-corrected chi connectivity index (χ3v) is 6.17. The van der Waals surface area contributed by atoms with Gasteiger partial charge in [0, 0.05) is 18.7 Å². The van der Waals surface area contributed by atoms with Gasteiger partial charge in [0.25, 0.3) is 0 Å². The second-order valence-electron chi connectivity index (χ2n) is 7.95. The van der Waals surface area contributed by atoms with E-state index in [9.17, 15) is 9.59 Å². The molecule has 0 saturated carbocycles. The summed E-state index contributed by atoms with van der Waals surface area (Å²) in [6, 6.07) is 9.71. The van der Waals surface area contributed by atoms with Crippen molar-refractivity contribution in [2.45, 2.75) is 6.42 Å². The van der Waals surface area contributed by atoms with E-state index in [4.69, 9.17) is 32.7 Å². The van der Waals surface area contributed by atoms with E-state index in [1.54, 1.807) is 30.3 Å². The van der Waals surface area contributed by atoms with Gasteiger partial charge in [0.15, 0.2) is 0 Å². The van der Waals surface area contributed by atoms with Gasteiger partial charge in [-0.15, -0.1) is 0 Å². The zero-order chi connectivity index (χ0) is 28.4. The fraction of sp³-hybridized carbons (Fsp3) is 0.231. The summed E-state index contributed by atoms with van der Waals surface area (Å²) in [5, 5.41) is 12.0. The SMILES string of the molecule is C=CC(=O)Nc1ccccc1Nc1cc(N(CCCNC)C(=O)Nc2c(Cl)c(OC)cc(OC)c2Cl)ncn1. The molecule has 206 valence electrons. The monoisotopic (exact) mass is 573 g/mol. The molecular weight excluding hydrogens is 545 g/mol. The van der Waals surface area contributed by atoms with Crippen molar-refractivity contribution in [2.75, 3.05) is 55.2 Å². The summed E-state index contributed by atoms with van der Waals surface area (Å²) in [6.45, 7) is 4.45. The maximum absolute atomic E-state index is 13.5. The largest absolute Gasteiger partial charge is 0.495 e. The van der Waals surface area contributed by atoms with Crippen LogP contribution in [0.2, 0.25) is 10.0 Å². The van der Waals surface area contributed by atoms with E-state index in [0.29, 0.717) is 42.5 Å². The van der Waals surface area contributed by atoms with Crippen LogP contribution in [0.15, 0.2) is 55.4 Å². The molecule has 0 fully saturated rings. The zero-order valence-corrected chi connectivity index (χ0v) is 23.2. The van der Waals surface area contributed by atoms with Crippen LogP contribution in [0.4, 0.5) is 33.5 Å². The summed E-state index contributed by atoms with van der Waals surface area (Å²) in [5.41, 5.74) is 1.26. The summed E-state index contributed by atoms with van der Waals surface area (Å²) >= 11 is 12.9. The number of halogens is 2. The van der Waals surface area contributed by atoms with Crippen molar-refractivity contribution in [1.82, 2.24) is 15.3 Å². The second-order valence-corrected chi connectivity index (χ2v) is 8.70. The third-order valence-electron chi connectivity index (χ3n) is 5.42. The molecule has 11 nitrogen and oxygen atoms in total. The number of nitrogens with one attached hydrogen (secondary N) is 4. The molecule has 0 bridgehead atoms. The minimum absolute atomic E-state index is 0.120. The van der Waals surface area contributed by atoms with E-state index in [0.717, 1.165) is 0 Å². The van der Waals surface area contributed by atoms with E-state index in [2.05, 4.69) is 37.8 Å². The van der Waals surface area contributed by atoms with Gasteiger partial charge in [-0.2, -0.15) is 0 Å². The number of nitrogens with zero attached hydrogens (tertiary/aromatic N) is 3. The summed E-state index contributed by atoms with van der Waals surface area (Å²) in [6.07, 6.45) is 3.13. The summed E-state index contributed by atoms with van der Waals surface area (Å²) < 4.78 is 10.6. The predicted octanol–water partition coefficient (Wildman–Crippen LogP) is 5.32. The number of anilines is 5. The standard InChI is InChI=1S/C26H29Cl2N7O4/c1-5-22(36)33-17-10-7-6-9-16(17)32-20-14-21(31-15-30-20)35(12-8-11-29-2)26(37)34-25-23(27)18(38-3)13-19(39-4)24(25)28/h5-7,9-10,13-15,29H,1,8,11-12H2,2-4H3,(H,33,36)(H,34,37)(H,30,31,32). The molecule has 0 saturated heterocycles. The van der Waals surface area contributed by atoms with Gasteiger partial charge in [-0.3, -0.25) is 9.69 Å². The number of ether oxygens (including phenoxy) is 2. The van der Waals surface area contributed by atoms with E-state index >= 15 is 0 Å². The number of rotatable bonds is 12. The number of aromatic nitrogens is 2. The van der Waals surface area contributed by atoms with Gasteiger partial charge in [-0.25, -0.2) is 14.8 Å². The van der Waals surface area contributed by atoms with Crippen molar-refractivity contribution in [3.8, 4) is 11.5 Å². The molecule has 0 spiro atoms. The van der Waals surface area contributed by atoms with E-state index in [1.165, 1.54) is 37.6 Å². The van der Waals surface area contributed by atoms with Crippen LogP contribution in [0.3, 0.4) is 0 Å². The summed E-state index contributed by atoms with van der Waals surface area (Å²) in [5.74, 6) is 0.921. The lowest BCUT2D eigenvalue weighted by atomic mass is 10.2. The minimum atomic E-state index is -0.534.